The number of nitrogens with one attached hydrogen (secondary N) is 2. The maximum Gasteiger partial charge on any atom is 0.0366 e. The van der Waals surface area contributed by atoms with Crippen molar-refractivity contribution in [2.24, 2.45) is 0 Å². The van der Waals surface area contributed by atoms with E-state index in [1.807, 2.05) is 0 Å². The van der Waals surface area contributed by atoms with Crippen LogP contribution >= 0.6 is 0 Å². The Balaban J connectivity index is 1.96. The maximum atomic E-state index is 3.62. The van der Waals surface area contributed by atoms with Crippen molar-refractivity contribution in [1.29, 1.82) is 0 Å². The molecule has 1 heterocycles. The maximum absolute atomic E-state index is 3.62. The standard InChI is InChI=1S/C18H31N3/c1-6-19-16-11-12-21(13-16)17-9-7-15(8-10-17)14(2)20-18(3,4)5/h7-10,14,16,19-20H,6,11-13H2,1-5H3/t14?,16-/m0/s1. The van der Waals surface area contributed by atoms with E-state index in [1.165, 1.54) is 17.7 Å². The molecule has 0 bridgehead atoms. The summed E-state index contributed by atoms with van der Waals surface area (Å²) in [5.41, 5.74) is 2.85. The summed E-state index contributed by atoms with van der Waals surface area (Å²) in [4.78, 5) is 2.49. The third-order valence-electron chi connectivity index (χ3n) is 4.09. The molecular formula is C18H31N3. The summed E-state index contributed by atoms with van der Waals surface area (Å²) >= 11 is 0. The zero-order valence-electron chi connectivity index (χ0n) is 14.2. The molecule has 1 aromatic rings. The van der Waals surface area contributed by atoms with E-state index in [0.717, 1.165) is 19.6 Å². The Labute approximate surface area is 130 Å². The SMILES string of the molecule is CCN[C@H]1CCN(c2ccc(C(C)NC(C)(C)C)cc2)C1. The first-order valence-electron chi connectivity index (χ1n) is 8.25. The van der Waals surface area contributed by atoms with Crippen molar-refractivity contribution in [1.82, 2.24) is 10.6 Å². The molecule has 0 aliphatic carbocycles. The summed E-state index contributed by atoms with van der Waals surface area (Å²) in [5.74, 6) is 0. The first-order chi connectivity index (χ1) is 9.89. The van der Waals surface area contributed by atoms with Gasteiger partial charge in [-0.1, -0.05) is 19.1 Å². The minimum Gasteiger partial charge on any atom is -0.370 e. The Kier molecular flexibility index (Phi) is 5.28. The predicted octanol–water partition coefficient (Wildman–Crippen LogP) is 3.32. The largest absolute Gasteiger partial charge is 0.370 e. The molecule has 1 aliphatic heterocycles. The summed E-state index contributed by atoms with van der Waals surface area (Å²) in [5, 5.41) is 7.17. The fraction of sp³-hybridized carbons (Fsp3) is 0.667. The van der Waals surface area contributed by atoms with E-state index in [2.05, 4.69) is 74.4 Å². The van der Waals surface area contributed by atoms with Gasteiger partial charge < -0.3 is 15.5 Å². The number of hydrogen-bond acceptors (Lipinski definition) is 3. The average Bonchev–Trinajstić information content (AvgIpc) is 2.86. The third-order valence-corrected chi connectivity index (χ3v) is 4.09. The normalized spacial score (nSPS) is 20.8. The number of likely N-dealkylation sites (N-methyl/N-ethyl adjacent to an activating group) is 1. The summed E-state index contributed by atoms with van der Waals surface area (Å²) in [6, 6.07) is 10.1. The van der Waals surface area contributed by atoms with Crippen LogP contribution in [0.15, 0.2) is 24.3 Å². The lowest BCUT2D eigenvalue weighted by Crippen LogP contribution is -2.37. The molecule has 1 unspecified atom stereocenters. The minimum atomic E-state index is 0.145. The number of benzene rings is 1. The van der Waals surface area contributed by atoms with Gasteiger partial charge in [0.2, 0.25) is 0 Å². The highest BCUT2D eigenvalue weighted by atomic mass is 15.2. The van der Waals surface area contributed by atoms with Crippen molar-refractivity contribution >= 4 is 5.69 Å². The molecule has 0 saturated carbocycles. The Bertz CT molecular complexity index is 433. The molecule has 3 heteroatoms. The second-order valence-electron chi connectivity index (χ2n) is 7.20. The first kappa shape index (κ1) is 16.3. The molecule has 0 radical (unpaired) electrons. The van der Waals surface area contributed by atoms with E-state index >= 15 is 0 Å². The lowest BCUT2D eigenvalue weighted by molar-refractivity contribution is 0.378. The molecule has 0 amide bonds. The van der Waals surface area contributed by atoms with Crippen LogP contribution < -0.4 is 15.5 Å². The van der Waals surface area contributed by atoms with Gasteiger partial charge in [-0.25, -0.2) is 0 Å². The summed E-state index contributed by atoms with van der Waals surface area (Å²) < 4.78 is 0. The van der Waals surface area contributed by atoms with E-state index in [0.29, 0.717) is 12.1 Å². The molecule has 2 rings (SSSR count). The predicted molar refractivity (Wildman–Crippen MR) is 92.0 cm³/mol. The lowest BCUT2D eigenvalue weighted by Gasteiger charge is -2.27. The van der Waals surface area contributed by atoms with Gasteiger partial charge in [-0.05, 0) is 58.4 Å². The molecule has 1 fully saturated rings. The molecule has 0 aromatic heterocycles. The fourth-order valence-electron chi connectivity index (χ4n) is 3.16. The second-order valence-corrected chi connectivity index (χ2v) is 7.20. The van der Waals surface area contributed by atoms with Gasteiger partial charge in [-0.15, -0.1) is 0 Å². The van der Waals surface area contributed by atoms with Crippen molar-refractivity contribution in [2.45, 2.75) is 58.7 Å². The van der Waals surface area contributed by atoms with Gasteiger partial charge >= 0.3 is 0 Å². The van der Waals surface area contributed by atoms with Gasteiger partial charge in [0.1, 0.15) is 0 Å². The Morgan fingerprint density at radius 3 is 2.48 bits per heavy atom. The smallest absolute Gasteiger partial charge is 0.0366 e. The van der Waals surface area contributed by atoms with E-state index in [4.69, 9.17) is 0 Å². The zero-order chi connectivity index (χ0) is 15.5. The fourth-order valence-corrected chi connectivity index (χ4v) is 3.16. The van der Waals surface area contributed by atoms with Crippen LogP contribution in [-0.4, -0.2) is 31.2 Å². The van der Waals surface area contributed by atoms with Crippen LogP contribution in [0.3, 0.4) is 0 Å². The van der Waals surface area contributed by atoms with E-state index in [9.17, 15) is 0 Å². The molecule has 118 valence electrons. The topological polar surface area (TPSA) is 27.3 Å². The third kappa shape index (κ3) is 4.72. The van der Waals surface area contributed by atoms with E-state index in [-0.39, 0.29) is 5.54 Å². The number of anilines is 1. The van der Waals surface area contributed by atoms with Crippen LogP contribution in [0.5, 0.6) is 0 Å². The quantitative estimate of drug-likeness (QED) is 0.870. The molecule has 1 saturated heterocycles. The number of hydrogen-bond donors (Lipinski definition) is 2. The van der Waals surface area contributed by atoms with Gasteiger partial charge in [0.25, 0.3) is 0 Å². The summed E-state index contributed by atoms with van der Waals surface area (Å²) in [7, 11) is 0. The van der Waals surface area contributed by atoms with Crippen LogP contribution in [0.4, 0.5) is 5.69 Å². The minimum absolute atomic E-state index is 0.145. The van der Waals surface area contributed by atoms with Crippen LogP contribution in [-0.2, 0) is 0 Å². The summed E-state index contributed by atoms with van der Waals surface area (Å²) in [6.45, 7) is 14.4. The molecule has 2 N–H and O–H groups in total. The van der Waals surface area contributed by atoms with Crippen LogP contribution in [0.2, 0.25) is 0 Å². The van der Waals surface area contributed by atoms with Crippen molar-refractivity contribution in [3.8, 4) is 0 Å². The van der Waals surface area contributed by atoms with Crippen molar-refractivity contribution in [2.75, 3.05) is 24.5 Å². The van der Waals surface area contributed by atoms with E-state index < -0.39 is 0 Å². The van der Waals surface area contributed by atoms with Crippen LogP contribution in [0.25, 0.3) is 0 Å². The molecule has 1 aromatic carbocycles. The Morgan fingerprint density at radius 2 is 1.90 bits per heavy atom. The van der Waals surface area contributed by atoms with Gasteiger partial charge in [0.15, 0.2) is 0 Å². The molecule has 1 aliphatic rings. The van der Waals surface area contributed by atoms with Crippen LogP contribution in [0.1, 0.15) is 52.6 Å². The molecule has 3 nitrogen and oxygen atoms in total. The average molecular weight is 289 g/mol. The monoisotopic (exact) mass is 289 g/mol. The summed E-state index contributed by atoms with van der Waals surface area (Å²) in [6.07, 6.45) is 1.25. The van der Waals surface area contributed by atoms with Gasteiger partial charge in [-0.2, -0.15) is 0 Å². The highest BCUT2D eigenvalue weighted by Gasteiger charge is 2.22. The molecule has 21 heavy (non-hydrogen) atoms. The van der Waals surface area contributed by atoms with Gasteiger partial charge in [0.05, 0.1) is 0 Å². The molecular weight excluding hydrogens is 258 g/mol. The van der Waals surface area contributed by atoms with Gasteiger partial charge in [-0.3, -0.25) is 0 Å². The molecule has 0 spiro atoms. The van der Waals surface area contributed by atoms with Crippen molar-refractivity contribution in [3.05, 3.63) is 29.8 Å². The number of rotatable bonds is 5. The van der Waals surface area contributed by atoms with E-state index in [1.54, 1.807) is 0 Å². The van der Waals surface area contributed by atoms with Gasteiger partial charge in [0, 0.05) is 36.4 Å². The lowest BCUT2D eigenvalue weighted by atomic mass is 10.0. The van der Waals surface area contributed by atoms with Crippen molar-refractivity contribution < 1.29 is 0 Å². The highest BCUT2D eigenvalue weighted by Crippen LogP contribution is 2.23. The number of nitrogens with zero attached hydrogens (tertiary/aromatic N) is 1. The first-order valence-corrected chi connectivity index (χ1v) is 8.25. The highest BCUT2D eigenvalue weighted by molar-refractivity contribution is 5.49. The second kappa shape index (κ2) is 6.80. The Morgan fingerprint density at radius 1 is 1.24 bits per heavy atom. The Hall–Kier alpha value is -1.06. The zero-order valence-corrected chi connectivity index (χ0v) is 14.2. The van der Waals surface area contributed by atoms with Crippen LogP contribution in [0, 0.1) is 0 Å². The molecule has 2 atom stereocenters. The van der Waals surface area contributed by atoms with Crippen molar-refractivity contribution in [3.63, 3.8) is 0 Å².